The summed E-state index contributed by atoms with van der Waals surface area (Å²) < 4.78 is 4.88. The maximum atomic E-state index is 11.8. The van der Waals surface area contributed by atoms with Crippen LogP contribution in [0.5, 0.6) is 0 Å². The fourth-order valence-corrected chi connectivity index (χ4v) is 3.39. The molecule has 2 unspecified atom stereocenters. The number of nitrogens with one attached hydrogen (secondary N) is 1. The largest absolute Gasteiger partial charge is 0.468 e. The van der Waals surface area contributed by atoms with Crippen molar-refractivity contribution in [1.82, 2.24) is 5.32 Å². The number of methoxy groups -OCH3 is 1. The second kappa shape index (κ2) is 7.70. The van der Waals surface area contributed by atoms with Crippen molar-refractivity contribution < 1.29 is 9.53 Å². The second-order valence-corrected chi connectivity index (χ2v) is 6.75. The number of esters is 1. The van der Waals surface area contributed by atoms with E-state index in [9.17, 15) is 4.79 Å². The molecule has 0 aliphatic carbocycles. The quantitative estimate of drug-likeness (QED) is 0.784. The van der Waals surface area contributed by atoms with Gasteiger partial charge in [0.15, 0.2) is 0 Å². The molecule has 0 spiro atoms. The van der Waals surface area contributed by atoms with E-state index in [1.165, 1.54) is 18.2 Å². The van der Waals surface area contributed by atoms with Gasteiger partial charge >= 0.3 is 5.97 Å². The van der Waals surface area contributed by atoms with Gasteiger partial charge in [0.25, 0.3) is 0 Å². The minimum Gasteiger partial charge on any atom is -0.468 e. The molecule has 1 aromatic carbocycles. The molecule has 4 heteroatoms. The number of carbonyl (C=O) groups is 1. The fourth-order valence-electron chi connectivity index (χ4n) is 2.15. The summed E-state index contributed by atoms with van der Waals surface area (Å²) in [5.41, 5.74) is 2.05. The minimum atomic E-state index is -0.618. The highest BCUT2D eigenvalue weighted by Crippen LogP contribution is 2.26. The second-order valence-electron chi connectivity index (χ2n) is 5.33. The number of benzene rings is 1. The van der Waals surface area contributed by atoms with Gasteiger partial charge in [-0.15, -0.1) is 0 Å². The van der Waals surface area contributed by atoms with Crippen molar-refractivity contribution in [1.29, 1.82) is 0 Å². The third kappa shape index (κ3) is 4.53. The van der Waals surface area contributed by atoms with Crippen molar-refractivity contribution in [2.75, 3.05) is 14.2 Å². The van der Waals surface area contributed by atoms with Crippen molar-refractivity contribution in [3.63, 3.8) is 0 Å². The number of rotatable bonds is 7. The molecule has 112 valence electrons. The molecule has 0 aliphatic heterocycles. The Hall–Kier alpha value is -1.00. The molecular formula is C16H25NO2S. The van der Waals surface area contributed by atoms with Crippen molar-refractivity contribution in [2.24, 2.45) is 0 Å². The van der Waals surface area contributed by atoms with Crippen LogP contribution in [0.1, 0.15) is 31.4 Å². The van der Waals surface area contributed by atoms with E-state index in [2.05, 4.69) is 43.4 Å². The Morgan fingerprint density at radius 2 is 2.10 bits per heavy atom. The van der Waals surface area contributed by atoms with Gasteiger partial charge < -0.3 is 10.1 Å². The lowest BCUT2D eigenvalue weighted by molar-refractivity contribution is -0.147. The molecule has 1 N–H and O–H groups in total. The Balaban J connectivity index is 2.57. The molecule has 0 radical (unpaired) electrons. The van der Waals surface area contributed by atoms with Gasteiger partial charge in [-0.3, -0.25) is 4.79 Å². The lowest BCUT2D eigenvalue weighted by Crippen LogP contribution is -2.49. The lowest BCUT2D eigenvalue weighted by atomic mass is 9.96. The predicted molar refractivity (Wildman–Crippen MR) is 86.0 cm³/mol. The van der Waals surface area contributed by atoms with Gasteiger partial charge in [-0.25, -0.2) is 0 Å². The van der Waals surface area contributed by atoms with Crippen molar-refractivity contribution in [3.05, 3.63) is 35.4 Å². The molecule has 1 rings (SSSR count). The zero-order valence-electron chi connectivity index (χ0n) is 13.0. The van der Waals surface area contributed by atoms with E-state index in [4.69, 9.17) is 4.74 Å². The summed E-state index contributed by atoms with van der Waals surface area (Å²) in [5.74, 6) is 0.762. The molecule has 0 aromatic heterocycles. The first-order chi connectivity index (χ1) is 9.42. The maximum Gasteiger partial charge on any atom is 0.325 e. The van der Waals surface area contributed by atoms with E-state index in [-0.39, 0.29) is 5.97 Å². The zero-order valence-corrected chi connectivity index (χ0v) is 13.8. The van der Waals surface area contributed by atoms with Crippen molar-refractivity contribution in [2.45, 2.75) is 43.7 Å². The normalized spacial score (nSPS) is 15.4. The Morgan fingerprint density at radius 1 is 1.45 bits per heavy atom. The fraction of sp³-hybridized carbons (Fsp3) is 0.562. The van der Waals surface area contributed by atoms with E-state index in [0.29, 0.717) is 5.25 Å². The summed E-state index contributed by atoms with van der Waals surface area (Å²) in [7, 11) is 3.23. The number of aryl methyl sites for hydroxylation is 1. The highest BCUT2D eigenvalue weighted by molar-refractivity contribution is 7.99. The predicted octanol–water partition coefficient (Wildman–Crippen LogP) is 3.16. The summed E-state index contributed by atoms with van der Waals surface area (Å²) in [6, 6.07) is 8.42. The Bertz CT molecular complexity index is 450. The molecule has 3 nitrogen and oxygen atoms in total. The van der Waals surface area contributed by atoms with Gasteiger partial charge in [0.05, 0.1) is 7.11 Å². The van der Waals surface area contributed by atoms with Gasteiger partial charge in [0.2, 0.25) is 0 Å². The van der Waals surface area contributed by atoms with Crippen LogP contribution in [0.15, 0.2) is 24.3 Å². The average Bonchev–Trinajstić information content (AvgIpc) is 2.45. The highest BCUT2D eigenvalue weighted by atomic mass is 32.2. The van der Waals surface area contributed by atoms with Gasteiger partial charge in [0.1, 0.15) is 5.54 Å². The summed E-state index contributed by atoms with van der Waals surface area (Å²) in [6.45, 7) is 6.18. The molecule has 0 fully saturated rings. The van der Waals surface area contributed by atoms with Crippen LogP contribution in [0.3, 0.4) is 0 Å². The number of hydrogen-bond acceptors (Lipinski definition) is 4. The number of thioether (sulfide) groups is 1. The molecule has 0 heterocycles. The third-order valence-electron chi connectivity index (χ3n) is 3.67. The SMILES string of the molecule is CNC(C)(CC(C)SCc1ccccc1C)C(=O)OC. The summed E-state index contributed by atoms with van der Waals surface area (Å²) in [6.07, 6.45) is 0.743. The van der Waals surface area contributed by atoms with Gasteiger partial charge in [-0.2, -0.15) is 11.8 Å². The average molecular weight is 295 g/mol. The molecular weight excluding hydrogens is 270 g/mol. The molecule has 0 saturated heterocycles. The van der Waals surface area contributed by atoms with Crippen molar-refractivity contribution in [3.8, 4) is 0 Å². The first kappa shape index (κ1) is 17.1. The van der Waals surface area contributed by atoms with E-state index >= 15 is 0 Å². The van der Waals surface area contributed by atoms with Gasteiger partial charge in [0, 0.05) is 11.0 Å². The van der Waals surface area contributed by atoms with Gasteiger partial charge in [-0.05, 0) is 38.4 Å². The van der Waals surface area contributed by atoms with Crippen LogP contribution in [-0.2, 0) is 15.3 Å². The molecule has 0 aliphatic rings. The molecule has 0 saturated carbocycles. The molecule has 1 aromatic rings. The topological polar surface area (TPSA) is 38.3 Å². The standard InChI is InChI=1S/C16H25NO2S/c1-12-8-6-7-9-14(12)11-20-13(2)10-16(3,17-4)15(18)19-5/h6-9,13,17H,10-11H2,1-5H3. The Labute approximate surface area is 126 Å². The number of likely N-dealkylation sites (N-methyl/N-ethyl adjacent to an activating group) is 1. The first-order valence-corrected chi connectivity index (χ1v) is 7.91. The van der Waals surface area contributed by atoms with E-state index in [1.54, 1.807) is 7.05 Å². The Kier molecular flexibility index (Phi) is 6.56. The highest BCUT2D eigenvalue weighted by Gasteiger charge is 2.34. The summed E-state index contributed by atoms with van der Waals surface area (Å²) >= 11 is 1.87. The van der Waals surface area contributed by atoms with Crippen LogP contribution >= 0.6 is 11.8 Å². The van der Waals surface area contributed by atoms with E-state index < -0.39 is 5.54 Å². The first-order valence-electron chi connectivity index (χ1n) is 6.86. The summed E-state index contributed by atoms with van der Waals surface area (Å²) in [5, 5.41) is 3.45. The monoisotopic (exact) mass is 295 g/mol. The van der Waals surface area contributed by atoms with Crippen LogP contribution in [-0.4, -0.2) is 30.9 Å². The lowest BCUT2D eigenvalue weighted by Gasteiger charge is -2.28. The smallest absolute Gasteiger partial charge is 0.325 e. The van der Waals surface area contributed by atoms with E-state index in [0.717, 1.165) is 12.2 Å². The zero-order chi connectivity index (χ0) is 15.2. The summed E-state index contributed by atoms with van der Waals surface area (Å²) in [4.78, 5) is 11.8. The van der Waals surface area contributed by atoms with Crippen molar-refractivity contribution >= 4 is 17.7 Å². The van der Waals surface area contributed by atoms with Crippen LogP contribution in [0.25, 0.3) is 0 Å². The van der Waals surface area contributed by atoms with Crippen LogP contribution in [0.4, 0.5) is 0 Å². The van der Waals surface area contributed by atoms with Crippen LogP contribution in [0.2, 0.25) is 0 Å². The Morgan fingerprint density at radius 3 is 2.65 bits per heavy atom. The molecule has 2 atom stereocenters. The van der Waals surface area contributed by atoms with Crippen LogP contribution < -0.4 is 5.32 Å². The number of carbonyl (C=O) groups excluding carboxylic acids is 1. The van der Waals surface area contributed by atoms with Crippen LogP contribution in [0, 0.1) is 6.92 Å². The third-order valence-corrected chi connectivity index (χ3v) is 4.88. The number of ether oxygens (including phenoxy) is 1. The van der Waals surface area contributed by atoms with Gasteiger partial charge in [-0.1, -0.05) is 31.2 Å². The number of hydrogen-bond donors (Lipinski definition) is 1. The maximum absolute atomic E-state index is 11.8. The minimum absolute atomic E-state index is 0.205. The molecule has 20 heavy (non-hydrogen) atoms. The van der Waals surface area contributed by atoms with E-state index in [1.807, 2.05) is 18.7 Å². The molecule has 0 bridgehead atoms. The molecule has 0 amide bonds.